The third-order valence-corrected chi connectivity index (χ3v) is 4.40. The maximum absolute atomic E-state index is 11.9. The van der Waals surface area contributed by atoms with Gasteiger partial charge in [-0.2, -0.15) is 0 Å². The molecule has 0 spiro atoms. The quantitative estimate of drug-likeness (QED) is 0.851. The molecule has 1 aromatic heterocycles. The summed E-state index contributed by atoms with van der Waals surface area (Å²) in [5, 5.41) is 4.77. The average Bonchev–Trinajstić information content (AvgIpc) is 2.82. The molecule has 1 fully saturated rings. The Bertz CT molecular complexity index is 480. The zero-order valence-electron chi connectivity index (χ0n) is 10.1. The Morgan fingerprint density at radius 3 is 3.05 bits per heavy atom. The molecule has 8 heteroatoms. The number of hydrogen-bond donors (Lipinski definition) is 2. The SMILES string of the molecule is NC(=O)C1CN(C(=O)NCc2cc(Br)cs2)CCO1. The van der Waals surface area contributed by atoms with Gasteiger partial charge in [0.1, 0.15) is 0 Å². The molecule has 1 aromatic rings. The van der Waals surface area contributed by atoms with Crippen molar-refractivity contribution in [3.63, 3.8) is 0 Å². The molecule has 1 aliphatic rings. The van der Waals surface area contributed by atoms with Crippen LogP contribution in [0.1, 0.15) is 4.88 Å². The number of hydrogen-bond acceptors (Lipinski definition) is 4. The van der Waals surface area contributed by atoms with E-state index in [1.807, 2.05) is 11.4 Å². The normalized spacial score (nSPS) is 19.2. The Labute approximate surface area is 123 Å². The van der Waals surface area contributed by atoms with Gasteiger partial charge in [0.15, 0.2) is 6.10 Å². The number of rotatable bonds is 3. The fraction of sp³-hybridized carbons (Fsp3) is 0.455. The number of morpholine rings is 1. The second kappa shape index (κ2) is 6.36. The first-order valence-electron chi connectivity index (χ1n) is 5.73. The Morgan fingerprint density at radius 2 is 2.42 bits per heavy atom. The van der Waals surface area contributed by atoms with Gasteiger partial charge in [0, 0.05) is 21.3 Å². The van der Waals surface area contributed by atoms with Crippen molar-refractivity contribution >= 4 is 39.2 Å². The molecule has 0 aliphatic carbocycles. The fourth-order valence-electron chi connectivity index (χ4n) is 1.73. The zero-order chi connectivity index (χ0) is 13.8. The number of nitrogens with two attached hydrogens (primary N) is 1. The van der Waals surface area contributed by atoms with Gasteiger partial charge in [-0.25, -0.2) is 4.79 Å². The lowest BCUT2D eigenvalue weighted by Crippen LogP contribution is -2.53. The lowest BCUT2D eigenvalue weighted by molar-refractivity contribution is -0.133. The van der Waals surface area contributed by atoms with Crippen LogP contribution in [-0.2, 0) is 16.1 Å². The van der Waals surface area contributed by atoms with Crippen LogP contribution >= 0.6 is 27.3 Å². The highest BCUT2D eigenvalue weighted by Crippen LogP contribution is 2.19. The first kappa shape index (κ1) is 14.3. The summed E-state index contributed by atoms with van der Waals surface area (Å²) in [7, 11) is 0. The minimum absolute atomic E-state index is 0.204. The molecule has 1 atom stereocenters. The highest BCUT2D eigenvalue weighted by atomic mass is 79.9. The van der Waals surface area contributed by atoms with E-state index < -0.39 is 12.0 Å². The molecular weight excluding hydrogens is 334 g/mol. The summed E-state index contributed by atoms with van der Waals surface area (Å²) in [5.74, 6) is -0.542. The van der Waals surface area contributed by atoms with Gasteiger partial charge < -0.3 is 20.7 Å². The van der Waals surface area contributed by atoms with E-state index >= 15 is 0 Å². The van der Waals surface area contributed by atoms with Crippen molar-refractivity contribution in [1.82, 2.24) is 10.2 Å². The molecule has 6 nitrogen and oxygen atoms in total. The molecule has 104 valence electrons. The standard InChI is InChI=1S/C11H14BrN3O3S/c12-7-3-8(19-6-7)4-14-11(17)15-1-2-18-9(5-15)10(13)16/h3,6,9H,1-2,4-5H2,(H2,13,16)(H,14,17). The van der Waals surface area contributed by atoms with E-state index in [1.165, 1.54) is 0 Å². The minimum Gasteiger partial charge on any atom is -0.367 e. The molecule has 2 heterocycles. The van der Waals surface area contributed by atoms with Crippen molar-refractivity contribution in [2.45, 2.75) is 12.6 Å². The van der Waals surface area contributed by atoms with Gasteiger partial charge in [0.05, 0.1) is 19.7 Å². The van der Waals surface area contributed by atoms with Gasteiger partial charge in [-0.15, -0.1) is 11.3 Å². The number of halogens is 1. The Hall–Kier alpha value is -1.12. The van der Waals surface area contributed by atoms with Crippen molar-refractivity contribution < 1.29 is 14.3 Å². The Kier molecular flexibility index (Phi) is 4.78. The van der Waals surface area contributed by atoms with Crippen molar-refractivity contribution in [2.75, 3.05) is 19.7 Å². The van der Waals surface area contributed by atoms with Gasteiger partial charge in [-0.3, -0.25) is 4.79 Å². The number of nitrogens with zero attached hydrogens (tertiary/aromatic N) is 1. The Morgan fingerprint density at radius 1 is 1.63 bits per heavy atom. The summed E-state index contributed by atoms with van der Waals surface area (Å²) < 4.78 is 6.19. The molecule has 19 heavy (non-hydrogen) atoms. The lowest BCUT2D eigenvalue weighted by Gasteiger charge is -2.31. The number of carbonyl (C=O) groups excluding carboxylic acids is 2. The summed E-state index contributed by atoms with van der Waals surface area (Å²) in [5.41, 5.74) is 5.17. The molecule has 1 aliphatic heterocycles. The van der Waals surface area contributed by atoms with E-state index in [4.69, 9.17) is 10.5 Å². The molecule has 2 rings (SSSR count). The maximum Gasteiger partial charge on any atom is 0.317 e. The second-order valence-electron chi connectivity index (χ2n) is 4.10. The number of ether oxygens (including phenoxy) is 1. The van der Waals surface area contributed by atoms with Crippen LogP contribution in [0.4, 0.5) is 4.79 Å². The molecule has 0 bridgehead atoms. The molecule has 1 saturated heterocycles. The van der Waals surface area contributed by atoms with Crippen LogP contribution in [0, 0.1) is 0 Å². The smallest absolute Gasteiger partial charge is 0.317 e. The van der Waals surface area contributed by atoms with Gasteiger partial charge in [-0.1, -0.05) is 0 Å². The van der Waals surface area contributed by atoms with Crippen molar-refractivity contribution in [3.05, 3.63) is 20.8 Å². The Balaban J connectivity index is 1.84. The summed E-state index contributed by atoms with van der Waals surface area (Å²) in [6.45, 7) is 1.46. The van der Waals surface area contributed by atoms with E-state index in [0.717, 1.165) is 9.35 Å². The predicted molar refractivity (Wildman–Crippen MR) is 74.8 cm³/mol. The van der Waals surface area contributed by atoms with Crippen LogP contribution in [0.15, 0.2) is 15.9 Å². The van der Waals surface area contributed by atoms with Crippen LogP contribution < -0.4 is 11.1 Å². The summed E-state index contributed by atoms with van der Waals surface area (Å²) >= 11 is 4.92. The summed E-state index contributed by atoms with van der Waals surface area (Å²) in [6, 6.07) is 1.75. The lowest BCUT2D eigenvalue weighted by atomic mass is 10.2. The summed E-state index contributed by atoms with van der Waals surface area (Å²) in [4.78, 5) is 25.6. The number of amides is 3. The van der Waals surface area contributed by atoms with E-state index in [9.17, 15) is 9.59 Å². The first-order chi connectivity index (χ1) is 9.06. The van der Waals surface area contributed by atoms with Crippen molar-refractivity contribution in [3.8, 4) is 0 Å². The van der Waals surface area contributed by atoms with Gasteiger partial charge in [-0.05, 0) is 22.0 Å². The zero-order valence-corrected chi connectivity index (χ0v) is 12.5. The maximum atomic E-state index is 11.9. The van der Waals surface area contributed by atoms with Gasteiger partial charge in [0.25, 0.3) is 0 Å². The number of carbonyl (C=O) groups is 2. The van der Waals surface area contributed by atoms with Crippen molar-refractivity contribution in [2.24, 2.45) is 5.73 Å². The third kappa shape index (κ3) is 3.92. The third-order valence-electron chi connectivity index (χ3n) is 2.71. The minimum atomic E-state index is -0.713. The largest absolute Gasteiger partial charge is 0.367 e. The van der Waals surface area contributed by atoms with Crippen LogP contribution in [0.3, 0.4) is 0 Å². The fourth-order valence-corrected chi connectivity index (χ4v) is 3.12. The van der Waals surface area contributed by atoms with Crippen LogP contribution in [0.2, 0.25) is 0 Å². The highest BCUT2D eigenvalue weighted by molar-refractivity contribution is 9.10. The van der Waals surface area contributed by atoms with Gasteiger partial charge in [0.2, 0.25) is 5.91 Å². The first-order valence-corrected chi connectivity index (χ1v) is 7.40. The van der Waals surface area contributed by atoms with Crippen molar-refractivity contribution in [1.29, 1.82) is 0 Å². The second-order valence-corrected chi connectivity index (χ2v) is 6.01. The molecule has 3 amide bonds. The number of urea groups is 1. The average molecular weight is 348 g/mol. The molecular formula is C11H14BrN3O3S. The molecule has 0 saturated carbocycles. The number of thiophene rings is 1. The van der Waals surface area contributed by atoms with Gasteiger partial charge >= 0.3 is 6.03 Å². The topological polar surface area (TPSA) is 84.7 Å². The predicted octanol–water partition coefficient (Wildman–Crippen LogP) is 0.906. The van der Waals surface area contributed by atoms with E-state index in [0.29, 0.717) is 19.7 Å². The monoisotopic (exact) mass is 347 g/mol. The molecule has 0 aromatic carbocycles. The summed E-state index contributed by atoms with van der Waals surface area (Å²) in [6.07, 6.45) is -0.713. The number of nitrogens with one attached hydrogen (secondary N) is 1. The highest BCUT2D eigenvalue weighted by Gasteiger charge is 2.27. The molecule has 1 unspecified atom stereocenters. The van der Waals surface area contributed by atoms with E-state index in [-0.39, 0.29) is 12.6 Å². The van der Waals surface area contributed by atoms with E-state index in [2.05, 4.69) is 21.2 Å². The molecule has 0 radical (unpaired) electrons. The van der Waals surface area contributed by atoms with Crippen LogP contribution in [0.25, 0.3) is 0 Å². The molecule has 3 N–H and O–H groups in total. The number of primary amides is 1. The van der Waals surface area contributed by atoms with E-state index in [1.54, 1.807) is 16.2 Å². The van der Waals surface area contributed by atoms with Crippen LogP contribution in [0.5, 0.6) is 0 Å². The van der Waals surface area contributed by atoms with Crippen LogP contribution in [-0.4, -0.2) is 42.6 Å².